The van der Waals surface area contributed by atoms with Crippen LogP contribution in [0.2, 0.25) is 0 Å². The molecule has 3 saturated heterocycles. The summed E-state index contributed by atoms with van der Waals surface area (Å²) in [5.74, 6) is 1.94. The Balaban J connectivity index is 1.40. The topological polar surface area (TPSA) is 59.4 Å². The lowest BCUT2D eigenvalue weighted by Crippen LogP contribution is -2.56. The number of methoxy groups -OCH3 is 1. The molecule has 27 heavy (non-hydrogen) atoms. The van der Waals surface area contributed by atoms with E-state index in [2.05, 4.69) is 28.0 Å². The number of carbonyl (C=O) groups is 1. The second kappa shape index (κ2) is 8.31. The van der Waals surface area contributed by atoms with E-state index >= 15 is 0 Å². The Kier molecular flexibility index (Phi) is 5.83. The highest BCUT2D eigenvalue weighted by molar-refractivity contribution is 5.77. The quantitative estimate of drug-likeness (QED) is 0.831. The number of fused-ring (bicyclic) bond motifs is 3. The summed E-state index contributed by atoms with van der Waals surface area (Å²) >= 11 is 0. The maximum absolute atomic E-state index is 11.7. The highest BCUT2D eigenvalue weighted by Crippen LogP contribution is 2.42. The van der Waals surface area contributed by atoms with Crippen molar-refractivity contribution in [3.63, 3.8) is 0 Å². The Morgan fingerprint density at radius 1 is 1.30 bits per heavy atom. The number of hydrogen-bond donors (Lipinski definition) is 1. The zero-order valence-electron chi connectivity index (χ0n) is 16.8. The number of rotatable bonds is 6. The van der Waals surface area contributed by atoms with Crippen LogP contribution in [-0.2, 0) is 16.6 Å². The fourth-order valence-corrected chi connectivity index (χ4v) is 5.55. The first-order valence-electron chi connectivity index (χ1n) is 10.7. The van der Waals surface area contributed by atoms with Gasteiger partial charge in [-0.25, -0.2) is 0 Å². The van der Waals surface area contributed by atoms with Gasteiger partial charge in [-0.3, -0.25) is 14.4 Å². The summed E-state index contributed by atoms with van der Waals surface area (Å²) < 4.78 is 7.07. The molecular weight excluding hydrogens is 340 g/mol. The summed E-state index contributed by atoms with van der Waals surface area (Å²) in [6.45, 7) is 3.14. The van der Waals surface area contributed by atoms with E-state index in [-0.39, 0.29) is 12.5 Å². The highest BCUT2D eigenvalue weighted by atomic mass is 16.5. The lowest BCUT2D eigenvalue weighted by atomic mass is 9.74. The molecule has 5 rings (SSSR count). The van der Waals surface area contributed by atoms with Crippen LogP contribution in [0.1, 0.15) is 68.2 Å². The van der Waals surface area contributed by atoms with Gasteiger partial charge in [0.15, 0.2) is 0 Å². The van der Waals surface area contributed by atoms with E-state index in [0.29, 0.717) is 23.8 Å². The predicted octanol–water partition coefficient (Wildman–Crippen LogP) is 2.41. The molecule has 4 atom stereocenters. The maximum Gasteiger partial charge on any atom is 0.246 e. The van der Waals surface area contributed by atoms with Gasteiger partial charge in [0, 0.05) is 50.8 Å². The molecule has 4 heterocycles. The zero-order valence-corrected chi connectivity index (χ0v) is 16.8. The van der Waals surface area contributed by atoms with Crippen molar-refractivity contribution in [1.82, 2.24) is 20.0 Å². The third-order valence-corrected chi connectivity index (χ3v) is 7.03. The van der Waals surface area contributed by atoms with E-state index in [0.717, 1.165) is 19.6 Å². The first kappa shape index (κ1) is 18.9. The lowest BCUT2D eigenvalue weighted by Gasteiger charge is -2.50. The summed E-state index contributed by atoms with van der Waals surface area (Å²) in [6.07, 6.45) is 9.14. The first-order valence-corrected chi connectivity index (χ1v) is 10.7. The fourth-order valence-electron chi connectivity index (χ4n) is 5.55. The zero-order chi connectivity index (χ0) is 18.8. The third kappa shape index (κ3) is 4.06. The molecule has 0 spiro atoms. The van der Waals surface area contributed by atoms with Crippen LogP contribution in [-0.4, -0.2) is 60.0 Å². The van der Waals surface area contributed by atoms with E-state index in [1.54, 1.807) is 7.11 Å². The van der Waals surface area contributed by atoms with Gasteiger partial charge < -0.3 is 10.1 Å². The number of hydrogen-bond acceptors (Lipinski definition) is 4. The van der Waals surface area contributed by atoms with Gasteiger partial charge in [-0.15, -0.1) is 0 Å². The Morgan fingerprint density at radius 3 is 2.81 bits per heavy atom. The van der Waals surface area contributed by atoms with Crippen LogP contribution in [0.15, 0.2) is 6.07 Å². The van der Waals surface area contributed by atoms with Crippen LogP contribution >= 0.6 is 0 Å². The van der Waals surface area contributed by atoms with Crippen LogP contribution < -0.4 is 5.32 Å². The largest absolute Gasteiger partial charge is 0.375 e. The van der Waals surface area contributed by atoms with Crippen LogP contribution in [0.3, 0.4) is 0 Å². The molecule has 1 aromatic heterocycles. The van der Waals surface area contributed by atoms with Crippen LogP contribution in [0.25, 0.3) is 0 Å². The van der Waals surface area contributed by atoms with Gasteiger partial charge in [-0.05, 0) is 44.2 Å². The normalized spacial score (nSPS) is 31.2. The lowest BCUT2D eigenvalue weighted by molar-refractivity contribution is -0.125. The number of piperidine rings is 3. The average molecular weight is 375 g/mol. The Hall–Kier alpha value is -1.40. The maximum atomic E-state index is 11.7. The van der Waals surface area contributed by atoms with E-state index in [9.17, 15) is 4.79 Å². The molecule has 1 saturated carbocycles. The second-order valence-corrected chi connectivity index (χ2v) is 8.73. The number of aromatic nitrogens is 2. The number of nitrogens with one attached hydrogen (secondary N) is 1. The fraction of sp³-hybridized carbons (Fsp3) is 0.810. The standard InChI is InChI=1S/C21H34N4O2/c1-24-20(11-19(23-24)15-6-4-3-5-7-15)18-13-25-9-8-16(18)10-17(25)12-22-21(26)14-27-2/h11,15-18H,3-10,12-14H2,1-2H3,(H,22,26). The van der Waals surface area contributed by atoms with Gasteiger partial charge >= 0.3 is 0 Å². The van der Waals surface area contributed by atoms with Gasteiger partial charge in [0.2, 0.25) is 5.91 Å². The SMILES string of the molecule is COCC(=O)NCC1CC2CCN1CC2c1cc(C2CCCCC2)nn1C. The Labute approximate surface area is 162 Å². The molecule has 1 aliphatic carbocycles. The molecule has 2 bridgehead atoms. The van der Waals surface area contributed by atoms with E-state index in [4.69, 9.17) is 9.84 Å². The summed E-state index contributed by atoms with van der Waals surface area (Å²) in [4.78, 5) is 14.3. The van der Waals surface area contributed by atoms with Crippen molar-refractivity contribution in [2.45, 2.75) is 62.8 Å². The molecule has 1 amide bonds. The summed E-state index contributed by atoms with van der Waals surface area (Å²) in [5.41, 5.74) is 2.75. The van der Waals surface area contributed by atoms with E-state index in [1.807, 2.05) is 0 Å². The van der Waals surface area contributed by atoms with Gasteiger partial charge in [-0.1, -0.05) is 19.3 Å². The van der Waals surface area contributed by atoms with Crippen molar-refractivity contribution >= 4 is 5.91 Å². The molecular formula is C21H34N4O2. The molecule has 4 unspecified atom stereocenters. The van der Waals surface area contributed by atoms with E-state index in [1.165, 1.54) is 56.3 Å². The number of nitrogens with zero attached hydrogens (tertiary/aromatic N) is 3. The van der Waals surface area contributed by atoms with Gasteiger partial charge in [0.1, 0.15) is 6.61 Å². The minimum absolute atomic E-state index is 0.0135. The van der Waals surface area contributed by atoms with E-state index < -0.39 is 0 Å². The molecule has 3 aliphatic heterocycles. The molecule has 1 N–H and O–H groups in total. The van der Waals surface area contributed by atoms with Gasteiger partial charge in [0.05, 0.1) is 5.69 Å². The van der Waals surface area contributed by atoms with Crippen LogP contribution in [0.4, 0.5) is 0 Å². The summed E-state index contributed by atoms with van der Waals surface area (Å²) in [5, 5.41) is 7.95. The van der Waals surface area contributed by atoms with Gasteiger partial charge in [0.25, 0.3) is 0 Å². The van der Waals surface area contributed by atoms with Crippen molar-refractivity contribution in [3.05, 3.63) is 17.5 Å². The van der Waals surface area contributed by atoms with Crippen molar-refractivity contribution in [2.75, 3.05) is 33.4 Å². The second-order valence-electron chi connectivity index (χ2n) is 8.73. The molecule has 1 aromatic rings. The van der Waals surface area contributed by atoms with Crippen molar-refractivity contribution < 1.29 is 9.53 Å². The minimum atomic E-state index is -0.0135. The molecule has 4 aliphatic rings. The number of ether oxygens (including phenoxy) is 1. The number of aryl methyl sites for hydroxylation is 1. The van der Waals surface area contributed by atoms with Crippen LogP contribution in [0, 0.1) is 5.92 Å². The third-order valence-electron chi connectivity index (χ3n) is 7.03. The molecule has 0 aromatic carbocycles. The smallest absolute Gasteiger partial charge is 0.246 e. The molecule has 150 valence electrons. The molecule has 6 nitrogen and oxygen atoms in total. The minimum Gasteiger partial charge on any atom is -0.375 e. The van der Waals surface area contributed by atoms with Crippen LogP contribution in [0.5, 0.6) is 0 Å². The monoisotopic (exact) mass is 374 g/mol. The molecule has 6 heteroatoms. The molecule has 4 fully saturated rings. The molecule has 0 radical (unpaired) electrons. The van der Waals surface area contributed by atoms with Gasteiger partial charge in [-0.2, -0.15) is 5.10 Å². The first-order chi connectivity index (χ1) is 13.2. The number of amides is 1. The Morgan fingerprint density at radius 2 is 2.11 bits per heavy atom. The Bertz CT molecular complexity index is 653. The summed E-state index contributed by atoms with van der Waals surface area (Å²) in [6, 6.07) is 2.88. The van der Waals surface area contributed by atoms with Crippen molar-refractivity contribution in [2.24, 2.45) is 13.0 Å². The average Bonchev–Trinajstić information content (AvgIpc) is 3.09. The predicted molar refractivity (Wildman–Crippen MR) is 105 cm³/mol. The number of carbonyl (C=O) groups excluding carboxylic acids is 1. The van der Waals surface area contributed by atoms with Crippen molar-refractivity contribution in [1.29, 1.82) is 0 Å². The highest BCUT2D eigenvalue weighted by Gasteiger charge is 2.42. The summed E-state index contributed by atoms with van der Waals surface area (Å²) in [7, 11) is 3.69. The van der Waals surface area contributed by atoms with Crippen molar-refractivity contribution in [3.8, 4) is 0 Å².